The first kappa shape index (κ1) is 21.9. The van der Waals surface area contributed by atoms with E-state index in [0.717, 1.165) is 27.7 Å². The van der Waals surface area contributed by atoms with Crippen LogP contribution in [0.5, 0.6) is 0 Å². The van der Waals surface area contributed by atoms with Crippen molar-refractivity contribution in [2.75, 3.05) is 11.4 Å². The number of aromatic nitrogens is 2. The molecule has 0 bridgehead atoms. The monoisotopic (exact) mass is 426 g/mol. The van der Waals surface area contributed by atoms with Crippen LogP contribution in [0.1, 0.15) is 33.3 Å². The van der Waals surface area contributed by atoms with Crippen molar-refractivity contribution in [1.82, 2.24) is 9.55 Å². The minimum absolute atomic E-state index is 0.0233. The number of ether oxygens (including phenoxy) is 1. The molecule has 0 unspecified atom stereocenters. The fourth-order valence-electron chi connectivity index (χ4n) is 3.03. The molecule has 31 heavy (non-hydrogen) atoms. The third kappa shape index (κ3) is 4.38. The summed E-state index contributed by atoms with van der Waals surface area (Å²) in [5, 5.41) is 8.87. The van der Waals surface area contributed by atoms with Gasteiger partial charge in [-0.2, -0.15) is 5.26 Å². The molecule has 160 valence electrons. The number of nitrogens with zero attached hydrogens (tertiary/aromatic N) is 4. The maximum Gasteiger partial charge on any atom is 0.417 e. The Morgan fingerprint density at radius 3 is 2.58 bits per heavy atom. The zero-order valence-corrected chi connectivity index (χ0v) is 17.4. The molecule has 0 saturated carbocycles. The van der Waals surface area contributed by atoms with Crippen LogP contribution in [0.2, 0.25) is 0 Å². The molecule has 1 aromatic heterocycles. The lowest BCUT2D eigenvalue weighted by atomic mass is 10.2. The first-order chi connectivity index (χ1) is 14.6. The maximum atomic E-state index is 14.5. The second-order valence-electron chi connectivity index (χ2n) is 7.72. The first-order valence-corrected chi connectivity index (χ1v) is 9.48. The Morgan fingerprint density at radius 1 is 1.26 bits per heavy atom. The normalized spacial score (nSPS) is 11.3. The Kier molecular flexibility index (Phi) is 5.75. The van der Waals surface area contributed by atoms with E-state index in [9.17, 15) is 23.6 Å². The summed E-state index contributed by atoms with van der Waals surface area (Å²) in [5.74, 6) is -1.78. The summed E-state index contributed by atoms with van der Waals surface area (Å²) in [4.78, 5) is 31.5. The molecule has 0 N–H and O–H groups in total. The highest BCUT2D eigenvalue weighted by molar-refractivity contribution is 5.88. The van der Waals surface area contributed by atoms with Gasteiger partial charge in [0.25, 0.3) is 5.56 Å². The van der Waals surface area contributed by atoms with Gasteiger partial charge in [-0.05, 0) is 58.0 Å². The molecule has 1 amide bonds. The lowest BCUT2D eigenvalue weighted by molar-refractivity contribution is 0.0579. The van der Waals surface area contributed by atoms with Gasteiger partial charge in [0.05, 0.1) is 22.8 Å². The van der Waals surface area contributed by atoms with Crippen molar-refractivity contribution in [2.45, 2.75) is 33.3 Å². The van der Waals surface area contributed by atoms with Gasteiger partial charge in [-0.15, -0.1) is 0 Å². The topological polar surface area (TPSA) is 88.2 Å². The molecule has 0 atom stereocenters. The fraction of sp³-hybridized carbons (Fsp3) is 0.273. The number of carbonyl (C=O) groups excluding carboxylic acids is 1. The van der Waals surface area contributed by atoms with Crippen molar-refractivity contribution in [3.05, 3.63) is 63.9 Å². The first-order valence-electron chi connectivity index (χ1n) is 9.48. The molecule has 9 heteroatoms. The van der Waals surface area contributed by atoms with Crippen LogP contribution in [0.4, 0.5) is 19.5 Å². The molecule has 2 aromatic carbocycles. The van der Waals surface area contributed by atoms with Crippen LogP contribution in [0.25, 0.3) is 16.6 Å². The predicted molar refractivity (Wildman–Crippen MR) is 111 cm³/mol. The van der Waals surface area contributed by atoms with Crippen LogP contribution < -0.4 is 10.5 Å². The summed E-state index contributed by atoms with van der Waals surface area (Å²) in [6.07, 6.45) is -0.789. The number of hydrogen-bond donors (Lipinski definition) is 0. The molecule has 0 saturated heterocycles. The number of nitriles is 1. The summed E-state index contributed by atoms with van der Waals surface area (Å²) in [5.41, 5.74) is -1.78. The smallest absolute Gasteiger partial charge is 0.417 e. The molecule has 3 aromatic rings. The number of hydrogen-bond acceptors (Lipinski definition) is 5. The standard InChI is InChI=1S/C22H20F2N4O3/c1-5-27(21(30)31-22(2,3)4)20-26-17-8-6-7-16(24)18(17)19(29)28(20)15-10-13(12-25)9-14(23)11-15/h6-11H,5H2,1-4H3. The van der Waals surface area contributed by atoms with Crippen LogP contribution >= 0.6 is 0 Å². The van der Waals surface area contributed by atoms with Gasteiger partial charge in [-0.3, -0.25) is 4.79 Å². The second kappa shape index (κ2) is 8.14. The lowest BCUT2D eigenvalue weighted by Crippen LogP contribution is -2.40. The van der Waals surface area contributed by atoms with Crippen LogP contribution in [0.15, 0.2) is 41.2 Å². The van der Waals surface area contributed by atoms with E-state index in [1.165, 1.54) is 18.2 Å². The minimum atomic E-state index is -0.852. The van der Waals surface area contributed by atoms with Crippen molar-refractivity contribution in [3.8, 4) is 11.8 Å². The number of amides is 1. The molecule has 7 nitrogen and oxygen atoms in total. The predicted octanol–water partition coefficient (Wildman–Crippen LogP) is 4.30. The minimum Gasteiger partial charge on any atom is -0.443 e. The fourth-order valence-corrected chi connectivity index (χ4v) is 3.03. The van der Waals surface area contributed by atoms with Gasteiger partial charge in [0.15, 0.2) is 0 Å². The number of halogens is 2. The molecule has 0 aliphatic rings. The summed E-state index contributed by atoms with van der Waals surface area (Å²) in [7, 11) is 0. The Balaban J connectivity index is 2.39. The average molecular weight is 426 g/mol. The highest BCUT2D eigenvalue weighted by Gasteiger charge is 2.28. The molecule has 0 spiro atoms. The highest BCUT2D eigenvalue weighted by atomic mass is 19.1. The van der Waals surface area contributed by atoms with Gasteiger partial charge < -0.3 is 4.74 Å². The van der Waals surface area contributed by atoms with Crippen LogP contribution in [0, 0.1) is 23.0 Å². The Bertz CT molecular complexity index is 1270. The van der Waals surface area contributed by atoms with Crippen LogP contribution in [0.3, 0.4) is 0 Å². The summed E-state index contributed by atoms with van der Waals surface area (Å²) in [6.45, 7) is 6.74. The van der Waals surface area contributed by atoms with Crippen LogP contribution in [-0.4, -0.2) is 27.8 Å². The van der Waals surface area contributed by atoms with E-state index in [2.05, 4.69) is 4.98 Å². The largest absolute Gasteiger partial charge is 0.443 e. The van der Waals surface area contributed by atoms with Gasteiger partial charge in [0.1, 0.15) is 22.6 Å². The van der Waals surface area contributed by atoms with Gasteiger partial charge in [-0.1, -0.05) is 6.07 Å². The van der Waals surface area contributed by atoms with E-state index >= 15 is 0 Å². The SMILES string of the molecule is CCN(C(=O)OC(C)(C)C)c1nc2cccc(F)c2c(=O)n1-c1cc(F)cc(C#N)c1. The van der Waals surface area contributed by atoms with Crippen molar-refractivity contribution in [3.63, 3.8) is 0 Å². The quantitative estimate of drug-likeness (QED) is 0.623. The number of carbonyl (C=O) groups is 1. The molecule has 0 aliphatic carbocycles. The summed E-state index contributed by atoms with van der Waals surface area (Å²) < 4.78 is 34.9. The van der Waals surface area contributed by atoms with E-state index in [1.807, 2.05) is 6.07 Å². The van der Waals surface area contributed by atoms with Gasteiger partial charge >= 0.3 is 6.09 Å². The van der Waals surface area contributed by atoms with E-state index < -0.39 is 28.9 Å². The van der Waals surface area contributed by atoms with Crippen molar-refractivity contribution >= 4 is 22.9 Å². The molecule has 0 fully saturated rings. The van der Waals surface area contributed by atoms with Gasteiger partial charge in [0.2, 0.25) is 5.95 Å². The zero-order valence-electron chi connectivity index (χ0n) is 17.4. The number of benzene rings is 2. The molecule has 1 heterocycles. The second-order valence-corrected chi connectivity index (χ2v) is 7.72. The van der Waals surface area contributed by atoms with Crippen molar-refractivity contribution in [2.24, 2.45) is 0 Å². The molecule has 3 rings (SSSR count). The summed E-state index contributed by atoms with van der Waals surface area (Å²) in [6, 6.07) is 8.98. The average Bonchev–Trinajstić information content (AvgIpc) is 2.66. The molecular formula is C22H20F2N4O3. The van der Waals surface area contributed by atoms with Crippen LogP contribution in [-0.2, 0) is 4.74 Å². The lowest BCUT2D eigenvalue weighted by Gasteiger charge is -2.27. The Hall–Kier alpha value is -3.80. The Morgan fingerprint density at radius 2 is 1.97 bits per heavy atom. The van der Waals surface area contributed by atoms with E-state index in [4.69, 9.17) is 4.74 Å². The van der Waals surface area contributed by atoms with Gasteiger partial charge in [-0.25, -0.2) is 28.0 Å². The molecule has 0 aliphatic heterocycles. The number of rotatable bonds is 3. The third-order valence-corrected chi connectivity index (χ3v) is 4.27. The molecular weight excluding hydrogens is 406 g/mol. The van der Waals surface area contributed by atoms with Crippen molar-refractivity contribution in [1.29, 1.82) is 5.26 Å². The number of fused-ring (bicyclic) bond motifs is 1. The number of anilines is 1. The van der Waals surface area contributed by atoms with Gasteiger partial charge in [0, 0.05) is 6.54 Å². The zero-order chi connectivity index (χ0) is 22.9. The van der Waals surface area contributed by atoms with E-state index in [-0.39, 0.29) is 34.6 Å². The Labute approximate surface area is 177 Å². The highest BCUT2D eigenvalue weighted by Crippen LogP contribution is 2.24. The summed E-state index contributed by atoms with van der Waals surface area (Å²) >= 11 is 0. The van der Waals surface area contributed by atoms with E-state index in [0.29, 0.717) is 0 Å². The molecule has 0 radical (unpaired) electrons. The maximum absolute atomic E-state index is 14.5. The third-order valence-electron chi connectivity index (χ3n) is 4.27. The van der Waals surface area contributed by atoms with Crippen molar-refractivity contribution < 1.29 is 18.3 Å². The van der Waals surface area contributed by atoms with E-state index in [1.54, 1.807) is 27.7 Å².